The quantitative estimate of drug-likeness (QED) is 0.576. The molecule has 0 aromatic heterocycles. The van der Waals surface area contributed by atoms with E-state index in [4.69, 9.17) is 17.4 Å². The fourth-order valence-corrected chi connectivity index (χ4v) is 4.58. The van der Waals surface area contributed by atoms with Crippen LogP contribution in [-0.4, -0.2) is 44.7 Å². The maximum absolute atomic E-state index is 12.1. The van der Waals surface area contributed by atoms with Crippen molar-refractivity contribution in [1.82, 2.24) is 0 Å². The van der Waals surface area contributed by atoms with E-state index in [1.165, 1.54) is 0 Å². The molecule has 4 nitrogen and oxygen atoms in total. The summed E-state index contributed by atoms with van der Waals surface area (Å²) in [7, 11) is -5.24. The number of hydrogen-bond donors (Lipinski definition) is 0. The average Bonchev–Trinajstić information content (AvgIpc) is 2.16. The van der Waals surface area contributed by atoms with Crippen molar-refractivity contribution in [2.45, 2.75) is 26.8 Å². The molecule has 0 aromatic carbocycles. The summed E-state index contributed by atoms with van der Waals surface area (Å²) in [5.41, 5.74) is 0. The Labute approximate surface area is 92.3 Å². The Hall–Kier alpha value is 0.134. The number of alkyl halides is 2. The summed E-state index contributed by atoms with van der Waals surface area (Å²) in [6.07, 6.45) is 0. The van der Waals surface area contributed by atoms with Crippen molar-refractivity contribution < 1.29 is 26.2 Å². The van der Waals surface area contributed by atoms with E-state index < -0.39 is 24.9 Å². The third-order valence-electron chi connectivity index (χ3n) is 1.35. The molecule has 8 heteroatoms. The zero-order chi connectivity index (χ0) is 11.7. The van der Waals surface area contributed by atoms with E-state index >= 15 is 0 Å². The minimum Gasteiger partial charge on any atom is -0.393 e. The van der Waals surface area contributed by atoms with Gasteiger partial charge in [0.05, 0.1) is 0 Å². The van der Waals surface area contributed by atoms with Crippen molar-refractivity contribution in [3.8, 4) is 0 Å². The van der Waals surface area contributed by atoms with Crippen LogP contribution in [0.2, 0.25) is 0 Å². The molecule has 0 spiro atoms. The van der Waals surface area contributed by atoms with E-state index in [2.05, 4.69) is 0 Å². The predicted molar refractivity (Wildman–Crippen MR) is 56.3 cm³/mol. The van der Waals surface area contributed by atoms with Crippen molar-refractivity contribution in [2.75, 3.05) is 19.8 Å². The molecule has 0 saturated heterocycles. The van der Waals surface area contributed by atoms with Gasteiger partial charge in [0.25, 0.3) is 0 Å². The first kappa shape index (κ1) is 15.1. The van der Waals surface area contributed by atoms with Crippen molar-refractivity contribution in [1.29, 1.82) is 0 Å². The lowest BCUT2D eigenvalue weighted by Gasteiger charge is -2.26. The van der Waals surface area contributed by atoms with Crippen LogP contribution >= 0.6 is 0 Å². The Morgan fingerprint density at radius 2 is 1.40 bits per heavy atom. The summed E-state index contributed by atoms with van der Waals surface area (Å²) < 4.78 is 44.9. The van der Waals surface area contributed by atoms with Gasteiger partial charge in [-0.25, -0.2) is 8.78 Å². The summed E-state index contributed by atoms with van der Waals surface area (Å²) in [6.45, 7) is 6.20. The fraction of sp³-hybridized carbons (Fsp3) is 1.00. The number of rotatable bonds is 9. The Morgan fingerprint density at radius 1 is 1.00 bits per heavy atom. The van der Waals surface area contributed by atoms with Gasteiger partial charge in [-0.1, -0.05) is 0 Å². The molecular formula is C7H18F2O4Si2. The van der Waals surface area contributed by atoms with Gasteiger partial charge in [0.1, 0.15) is 0 Å². The second-order valence-corrected chi connectivity index (χ2v) is 6.47. The Balaban J connectivity index is 4.31. The molecule has 92 valence electrons. The monoisotopic (exact) mass is 260 g/mol. The molecule has 0 aliphatic carbocycles. The molecule has 0 amide bonds. The average molecular weight is 260 g/mol. The first-order chi connectivity index (χ1) is 7.10. The first-order valence-corrected chi connectivity index (χ1v) is 7.96. The molecule has 0 radical (unpaired) electrons. The van der Waals surface area contributed by atoms with Gasteiger partial charge >= 0.3 is 9.05 Å². The lowest BCUT2D eigenvalue weighted by molar-refractivity contribution is 0.00718. The lowest BCUT2D eigenvalue weighted by atomic mass is 10.9. The minimum absolute atomic E-state index is 0.323. The third-order valence-corrected chi connectivity index (χ3v) is 5.61. The second kappa shape index (κ2) is 8.30. The zero-order valence-electron chi connectivity index (χ0n) is 9.29. The SMILES string of the molecule is CCO[Si](OCC)(OCC)O[SiH2]C(F)F. The van der Waals surface area contributed by atoms with E-state index in [0.717, 1.165) is 0 Å². The molecular weight excluding hydrogens is 242 g/mol. The Morgan fingerprint density at radius 3 is 1.67 bits per heavy atom. The van der Waals surface area contributed by atoms with E-state index in [1.54, 1.807) is 20.8 Å². The summed E-state index contributed by atoms with van der Waals surface area (Å²) in [4.78, 5) is 0. The van der Waals surface area contributed by atoms with Gasteiger partial charge in [0.15, 0.2) is 0 Å². The largest absolute Gasteiger partial charge is 0.668 e. The maximum Gasteiger partial charge on any atom is 0.668 e. The maximum atomic E-state index is 12.1. The van der Waals surface area contributed by atoms with Crippen LogP contribution in [0.3, 0.4) is 0 Å². The van der Waals surface area contributed by atoms with E-state index in [1.807, 2.05) is 0 Å². The highest BCUT2D eigenvalue weighted by atomic mass is 28.4. The lowest BCUT2D eigenvalue weighted by Crippen LogP contribution is -2.51. The van der Waals surface area contributed by atoms with Gasteiger partial charge in [-0.3, -0.25) is 0 Å². The van der Waals surface area contributed by atoms with Gasteiger partial charge in [-0.05, 0) is 20.8 Å². The summed E-state index contributed by atoms with van der Waals surface area (Å²) in [5, 5.41) is 0. The Kier molecular flexibility index (Phi) is 8.38. The molecule has 0 unspecified atom stereocenters. The van der Waals surface area contributed by atoms with Crippen LogP contribution in [0.15, 0.2) is 0 Å². The van der Waals surface area contributed by atoms with Gasteiger partial charge < -0.3 is 17.4 Å². The summed E-state index contributed by atoms with van der Waals surface area (Å²) in [6, 6.07) is -2.42. The number of halogens is 2. The molecule has 15 heavy (non-hydrogen) atoms. The highest BCUT2D eigenvalue weighted by molar-refractivity contribution is 6.60. The minimum atomic E-state index is -3.28. The highest BCUT2D eigenvalue weighted by Gasteiger charge is 2.44. The van der Waals surface area contributed by atoms with E-state index in [-0.39, 0.29) is 0 Å². The molecule has 0 bridgehead atoms. The van der Waals surface area contributed by atoms with Crippen molar-refractivity contribution in [2.24, 2.45) is 0 Å². The van der Waals surface area contributed by atoms with Crippen molar-refractivity contribution in [3.05, 3.63) is 0 Å². The van der Waals surface area contributed by atoms with Crippen LogP contribution in [0, 0.1) is 0 Å². The van der Waals surface area contributed by atoms with Gasteiger partial charge in [0, 0.05) is 19.8 Å². The molecule has 0 rings (SSSR count). The Bertz CT molecular complexity index is 145. The smallest absolute Gasteiger partial charge is 0.393 e. The van der Waals surface area contributed by atoms with Crippen LogP contribution < -0.4 is 0 Å². The first-order valence-electron chi connectivity index (χ1n) is 4.94. The van der Waals surface area contributed by atoms with Crippen LogP contribution in [0.25, 0.3) is 0 Å². The van der Waals surface area contributed by atoms with Gasteiger partial charge in [-0.15, -0.1) is 0 Å². The van der Waals surface area contributed by atoms with Crippen LogP contribution in [-0.2, 0) is 17.4 Å². The third kappa shape index (κ3) is 6.33. The van der Waals surface area contributed by atoms with E-state index in [9.17, 15) is 8.78 Å². The molecule has 0 aromatic rings. The molecule has 0 atom stereocenters. The molecule has 0 fully saturated rings. The second-order valence-electron chi connectivity index (χ2n) is 2.50. The van der Waals surface area contributed by atoms with Gasteiger partial charge in [-0.2, -0.15) is 0 Å². The van der Waals surface area contributed by atoms with Gasteiger partial charge in [0.2, 0.25) is 15.8 Å². The van der Waals surface area contributed by atoms with Crippen LogP contribution in [0.4, 0.5) is 8.78 Å². The van der Waals surface area contributed by atoms with Crippen LogP contribution in [0.1, 0.15) is 20.8 Å². The molecule has 0 aliphatic heterocycles. The fourth-order valence-electron chi connectivity index (χ4n) is 0.945. The zero-order valence-corrected chi connectivity index (χ0v) is 11.7. The molecule has 0 saturated carbocycles. The number of hydrogen-bond acceptors (Lipinski definition) is 4. The predicted octanol–water partition coefficient (Wildman–Crippen LogP) is 0.854. The van der Waals surface area contributed by atoms with Crippen LogP contribution in [0.5, 0.6) is 0 Å². The molecule has 0 N–H and O–H groups in total. The standard InChI is InChI=1S/C7H18F2O4Si2/c1-4-10-15(11-5-2,12-6-3)13-14-7(8)9/h7H,4-6,14H2,1-3H3. The topological polar surface area (TPSA) is 36.9 Å². The highest BCUT2D eigenvalue weighted by Crippen LogP contribution is 2.12. The summed E-state index contributed by atoms with van der Waals surface area (Å²) >= 11 is 0. The van der Waals surface area contributed by atoms with E-state index in [0.29, 0.717) is 19.8 Å². The normalized spacial score (nSPS) is 13.2. The molecule has 0 aliphatic rings. The molecule has 0 heterocycles. The van der Waals surface area contributed by atoms with Crippen molar-refractivity contribution in [3.63, 3.8) is 0 Å². The summed E-state index contributed by atoms with van der Waals surface area (Å²) in [5.74, 6) is 0. The van der Waals surface area contributed by atoms with Crippen molar-refractivity contribution >= 4 is 18.8 Å².